The Labute approximate surface area is 107 Å². The van der Waals surface area contributed by atoms with Crippen molar-refractivity contribution >= 4 is 29.1 Å². The van der Waals surface area contributed by atoms with Crippen molar-refractivity contribution in [1.82, 2.24) is 10.6 Å². The van der Waals surface area contributed by atoms with Gasteiger partial charge in [-0.05, 0) is 24.1 Å². The largest absolute Gasteiger partial charge is 0.302 e. The summed E-state index contributed by atoms with van der Waals surface area (Å²) in [7, 11) is 0. The topological polar surface area (TPSA) is 58.2 Å². The normalized spacial score (nSPS) is 20.0. The maximum Gasteiger partial charge on any atom is 0.245 e. The summed E-state index contributed by atoms with van der Waals surface area (Å²) in [5.74, 6) is -0.558. The van der Waals surface area contributed by atoms with Gasteiger partial charge in [0, 0.05) is 0 Å². The van der Waals surface area contributed by atoms with Crippen molar-refractivity contribution in [3.05, 3.63) is 12.2 Å². The number of carbonyl (C=O) groups excluding carboxylic acids is 2. The zero-order chi connectivity index (χ0) is 13.2. The summed E-state index contributed by atoms with van der Waals surface area (Å²) in [6, 6.07) is 0. The van der Waals surface area contributed by atoms with E-state index in [1.54, 1.807) is 6.08 Å². The Morgan fingerprint density at radius 3 is 1.94 bits per heavy atom. The Bertz CT molecular complexity index is 366. The average molecular weight is 254 g/mol. The fraction of sp³-hybridized carbons (Fsp3) is 0.583. The number of amides is 2. The number of allylic oxidation sites excluding steroid dienone is 1. The molecule has 1 saturated heterocycles. The summed E-state index contributed by atoms with van der Waals surface area (Å²) in [6.07, 6.45) is 3.56. The van der Waals surface area contributed by atoms with Gasteiger partial charge in [-0.2, -0.15) is 0 Å². The molecule has 17 heavy (non-hydrogen) atoms. The van der Waals surface area contributed by atoms with Gasteiger partial charge in [0.2, 0.25) is 11.8 Å². The van der Waals surface area contributed by atoms with Gasteiger partial charge in [-0.1, -0.05) is 39.8 Å². The second-order valence-electron chi connectivity index (χ2n) is 4.86. The van der Waals surface area contributed by atoms with Crippen LogP contribution in [0.4, 0.5) is 0 Å². The summed E-state index contributed by atoms with van der Waals surface area (Å²) >= 11 is 4.80. The van der Waals surface area contributed by atoms with Crippen molar-refractivity contribution in [1.29, 1.82) is 0 Å². The minimum Gasteiger partial charge on any atom is -0.302 e. The number of thiocarbonyl (C=S) groups is 1. The third-order valence-electron chi connectivity index (χ3n) is 2.86. The first kappa shape index (κ1) is 13.8. The van der Waals surface area contributed by atoms with Gasteiger partial charge in [-0.3, -0.25) is 9.59 Å². The van der Waals surface area contributed by atoms with Gasteiger partial charge >= 0.3 is 0 Å². The summed E-state index contributed by atoms with van der Waals surface area (Å²) in [6.45, 7) is 7.68. The summed E-state index contributed by atoms with van der Waals surface area (Å²) in [5.41, 5.74) is -1.16. The molecule has 0 saturated carbocycles. The van der Waals surface area contributed by atoms with E-state index in [4.69, 9.17) is 12.2 Å². The van der Waals surface area contributed by atoms with Crippen LogP contribution in [0.1, 0.15) is 27.7 Å². The van der Waals surface area contributed by atoms with Crippen molar-refractivity contribution in [2.24, 2.45) is 17.3 Å². The van der Waals surface area contributed by atoms with Crippen LogP contribution in [0, 0.1) is 17.3 Å². The molecule has 0 aromatic carbocycles. The Balaban J connectivity index is 3.18. The first-order valence-corrected chi connectivity index (χ1v) is 6.07. The maximum atomic E-state index is 12.1. The van der Waals surface area contributed by atoms with Gasteiger partial charge in [-0.15, -0.1) is 0 Å². The third kappa shape index (κ3) is 2.54. The SMILES string of the molecule is CC(C)/C=C\C1(C(C)C)C(=O)NC(=S)NC1=O. The number of hydrogen-bond acceptors (Lipinski definition) is 3. The molecule has 1 fully saturated rings. The number of rotatable bonds is 3. The monoisotopic (exact) mass is 254 g/mol. The van der Waals surface area contributed by atoms with Crippen LogP contribution < -0.4 is 10.6 Å². The van der Waals surface area contributed by atoms with Gasteiger partial charge in [0.15, 0.2) is 5.11 Å². The maximum absolute atomic E-state index is 12.1. The Morgan fingerprint density at radius 1 is 1.12 bits per heavy atom. The highest BCUT2D eigenvalue weighted by atomic mass is 32.1. The van der Waals surface area contributed by atoms with Crippen molar-refractivity contribution in [2.45, 2.75) is 27.7 Å². The predicted molar refractivity (Wildman–Crippen MR) is 70.1 cm³/mol. The van der Waals surface area contributed by atoms with E-state index >= 15 is 0 Å². The number of hydrogen-bond donors (Lipinski definition) is 2. The highest BCUT2D eigenvalue weighted by Gasteiger charge is 2.49. The molecule has 0 aromatic rings. The van der Waals surface area contributed by atoms with Crippen molar-refractivity contribution in [2.75, 3.05) is 0 Å². The van der Waals surface area contributed by atoms with E-state index in [1.165, 1.54) is 0 Å². The van der Waals surface area contributed by atoms with Crippen molar-refractivity contribution < 1.29 is 9.59 Å². The molecular weight excluding hydrogens is 236 g/mol. The molecule has 0 bridgehead atoms. The van der Waals surface area contributed by atoms with Gasteiger partial charge < -0.3 is 10.6 Å². The fourth-order valence-corrected chi connectivity index (χ4v) is 1.95. The van der Waals surface area contributed by atoms with E-state index in [9.17, 15) is 9.59 Å². The van der Waals surface area contributed by atoms with Crippen LogP contribution in [0.25, 0.3) is 0 Å². The zero-order valence-electron chi connectivity index (χ0n) is 10.5. The van der Waals surface area contributed by atoms with E-state index in [2.05, 4.69) is 10.6 Å². The molecule has 94 valence electrons. The van der Waals surface area contributed by atoms with Crippen LogP contribution >= 0.6 is 12.2 Å². The summed E-state index contributed by atoms with van der Waals surface area (Å²) in [5, 5.41) is 5.11. The first-order valence-electron chi connectivity index (χ1n) is 5.67. The fourth-order valence-electron chi connectivity index (χ4n) is 1.76. The smallest absolute Gasteiger partial charge is 0.245 e. The zero-order valence-corrected chi connectivity index (χ0v) is 11.4. The van der Waals surface area contributed by atoms with Gasteiger partial charge in [0.1, 0.15) is 5.41 Å². The molecule has 1 aliphatic heterocycles. The van der Waals surface area contributed by atoms with Crippen LogP contribution in [0.2, 0.25) is 0 Å². The van der Waals surface area contributed by atoms with Crippen LogP contribution in [-0.4, -0.2) is 16.9 Å². The predicted octanol–water partition coefficient (Wildman–Crippen LogP) is 1.37. The summed E-state index contributed by atoms with van der Waals surface area (Å²) in [4.78, 5) is 24.2. The van der Waals surface area contributed by atoms with E-state index in [0.717, 1.165) is 0 Å². The second-order valence-corrected chi connectivity index (χ2v) is 5.27. The van der Waals surface area contributed by atoms with E-state index < -0.39 is 5.41 Å². The molecular formula is C12H18N2O2S. The Kier molecular flexibility index (Phi) is 4.03. The van der Waals surface area contributed by atoms with Crippen molar-refractivity contribution in [3.63, 3.8) is 0 Å². The molecule has 0 unspecified atom stereocenters. The highest BCUT2D eigenvalue weighted by Crippen LogP contribution is 2.32. The molecule has 5 heteroatoms. The van der Waals surface area contributed by atoms with Crippen molar-refractivity contribution in [3.8, 4) is 0 Å². The van der Waals surface area contributed by atoms with E-state index in [1.807, 2.05) is 33.8 Å². The molecule has 1 aliphatic rings. The molecule has 0 aromatic heterocycles. The lowest BCUT2D eigenvalue weighted by atomic mass is 9.74. The lowest BCUT2D eigenvalue weighted by Gasteiger charge is -2.35. The quantitative estimate of drug-likeness (QED) is 0.454. The van der Waals surface area contributed by atoms with E-state index in [0.29, 0.717) is 0 Å². The third-order valence-corrected chi connectivity index (χ3v) is 3.06. The number of nitrogens with one attached hydrogen (secondary N) is 2. The van der Waals surface area contributed by atoms with Crippen LogP contribution in [0.15, 0.2) is 12.2 Å². The standard InChI is InChI=1S/C12H18N2O2S/c1-7(2)5-6-12(8(3)4)9(15)13-11(17)14-10(12)16/h5-8H,1-4H3,(H2,13,14,15,16,17)/b6-5-. The second kappa shape index (κ2) is 4.96. The van der Waals surface area contributed by atoms with Gasteiger partial charge in [0.05, 0.1) is 0 Å². The number of carbonyl (C=O) groups is 2. The lowest BCUT2D eigenvalue weighted by molar-refractivity contribution is -0.142. The molecule has 2 N–H and O–H groups in total. The Morgan fingerprint density at radius 2 is 1.59 bits per heavy atom. The highest BCUT2D eigenvalue weighted by molar-refractivity contribution is 7.80. The van der Waals surface area contributed by atoms with E-state index in [-0.39, 0.29) is 28.8 Å². The molecule has 1 rings (SSSR count). The van der Waals surface area contributed by atoms with Crippen LogP contribution in [0.3, 0.4) is 0 Å². The van der Waals surface area contributed by atoms with Gasteiger partial charge in [-0.25, -0.2) is 0 Å². The molecule has 2 amide bonds. The average Bonchev–Trinajstić information content (AvgIpc) is 2.15. The first-order chi connectivity index (χ1) is 7.80. The Hall–Kier alpha value is -1.23. The van der Waals surface area contributed by atoms with Gasteiger partial charge in [0.25, 0.3) is 0 Å². The minimum absolute atomic E-state index is 0.0780. The lowest BCUT2D eigenvalue weighted by Crippen LogP contribution is -2.63. The molecule has 0 spiro atoms. The molecule has 1 heterocycles. The molecule has 0 atom stereocenters. The van der Waals surface area contributed by atoms with Crippen LogP contribution in [-0.2, 0) is 9.59 Å². The van der Waals surface area contributed by atoms with Crippen LogP contribution in [0.5, 0.6) is 0 Å². The molecule has 0 radical (unpaired) electrons. The minimum atomic E-state index is -1.16. The molecule has 0 aliphatic carbocycles. The molecule has 4 nitrogen and oxygen atoms in total. The summed E-state index contributed by atoms with van der Waals surface area (Å²) < 4.78 is 0.